The van der Waals surface area contributed by atoms with E-state index in [9.17, 15) is 5.11 Å². The van der Waals surface area contributed by atoms with Gasteiger partial charge in [0, 0.05) is 6.07 Å². The molecule has 4 heteroatoms. The van der Waals surface area contributed by atoms with Gasteiger partial charge in [-0.25, -0.2) is 4.98 Å². The molecule has 4 nitrogen and oxygen atoms in total. The Morgan fingerprint density at radius 1 is 1.20 bits per heavy atom. The second-order valence-electron chi connectivity index (χ2n) is 5.25. The number of hydrogen-bond donors (Lipinski definition) is 2. The van der Waals surface area contributed by atoms with E-state index in [1.54, 1.807) is 0 Å². The summed E-state index contributed by atoms with van der Waals surface area (Å²) >= 11 is 0. The molecule has 1 aromatic heterocycles. The van der Waals surface area contributed by atoms with Crippen LogP contribution in [0.4, 0.5) is 0 Å². The van der Waals surface area contributed by atoms with Gasteiger partial charge in [0.15, 0.2) is 0 Å². The molecule has 1 heterocycles. The zero-order valence-electron chi connectivity index (χ0n) is 12.7. The van der Waals surface area contributed by atoms with Gasteiger partial charge < -0.3 is 15.6 Å². The number of aliphatic hydroxyl groups excluding tert-OH is 1. The molecule has 1 rings (SSSR count). The normalized spacial score (nSPS) is 12.7. The minimum atomic E-state index is -0.606. The summed E-state index contributed by atoms with van der Waals surface area (Å²) < 4.78 is 5.79. The Morgan fingerprint density at radius 2 is 1.90 bits per heavy atom. The highest BCUT2D eigenvalue weighted by molar-refractivity contribution is 5.17. The number of pyridine rings is 1. The van der Waals surface area contributed by atoms with Gasteiger partial charge in [0.1, 0.15) is 0 Å². The molecule has 0 spiro atoms. The third-order valence-electron chi connectivity index (χ3n) is 3.39. The SMILES string of the molecule is CCCC(CCC)COc1cccc([C@@H](O)CCN)n1. The molecule has 0 bridgehead atoms. The first kappa shape index (κ1) is 16.9. The standard InChI is InChI=1S/C16H28N2O2/c1-3-6-13(7-4-2)12-20-16-9-5-8-14(18-16)15(19)10-11-17/h5,8-9,13,15,19H,3-4,6-7,10-12,17H2,1-2H3/t15-/m0/s1. The Balaban J connectivity index is 2.56. The predicted octanol–water partition coefficient (Wildman–Crippen LogP) is 3.06. The van der Waals surface area contributed by atoms with Crippen LogP contribution >= 0.6 is 0 Å². The third-order valence-corrected chi connectivity index (χ3v) is 3.39. The maximum absolute atomic E-state index is 9.89. The van der Waals surface area contributed by atoms with Crippen LogP contribution in [0, 0.1) is 5.92 Å². The van der Waals surface area contributed by atoms with Gasteiger partial charge in [0.05, 0.1) is 18.4 Å². The lowest BCUT2D eigenvalue weighted by atomic mass is 9.99. The van der Waals surface area contributed by atoms with E-state index in [1.807, 2.05) is 18.2 Å². The van der Waals surface area contributed by atoms with Crippen molar-refractivity contribution in [2.75, 3.05) is 13.2 Å². The van der Waals surface area contributed by atoms with Crippen molar-refractivity contribution >= 4 is 0 Å². The van der Waals surface area contributed by atoms with E-state index in [-0.39, 0.29) is 0 Å². The van der Waals surface area contributed by atoms with E-state index in [0.29, 0.717) is 37.1 Å². The Bertz CT molecular complexity index is 365. The quantitative estimate of drug-likeness (QED) is 0.691. The van der Waals surface area contributed by atoms with Crippen molar-refractivity contribution in [3.63, 3.8) is 0 Å². The largest absolute Gasteiger partial charge is 0.477 e. The third kappa shape index (κ3) is 5.88. The summed E-state index contributed by atoms with van der Waals surface area (Å²) in [5, 5.41) is 9.89. The van der Waals surface area contributed by atoms with Crippen LogP contribution in [-0.4, -0.2) is 23.2 Å². The van der Waals surface area contributed by atoms with Crippen LogP contribution in [0.1, 0.15) is 57.7 Å². The number of nitrogens with zero attached hydrogens (tertiary/aromatic N) is 1. The van der Waals surface area contributed by atoms with Gasteiger partial charge in [-0.3, -0.25) is 0 Å². The second-order valence-corrected chi connectivity index (χ2v) is 5.25. The lowest BCUT2D eigenvalue weighted by Crippen LogP contribution is -2.13. The summed E-state index contributed by atoms with van der Waals surface area (Å²) in [6.45, 7) is 5.55. The topological polar surface area (TPSA) is 68.4 Å². The highest BCUT2D eigenvalue weighted by Crippen LogP contribution is 2.19. The van der Waals surface area contributed by atoms with Gasteiger partial charge in [-0.05, 0) is 37.8 Å². The minimum absolute atomic E-state index is 0.447. The van der Waals surface area contributed by atoms with Crippen LogP contribution in [0.2, 0.25) is 0 Å². The first-order valence-electron chi connectivity index (χ1n) is 7.69. The van der Waals surface area contributed by atoms with Crippen LogP contribution in [0.5, 0.6) is 5.88 Å². The van der Waals surface area contributed by atoms with E-state index >= 15 is 0 Å². The molecule has 0 aromatic carbocycles. The van der Waals surface area contributed by atoms with Gasteiger partial charge >= 0.3 is 0 Å². The van der Waals surface area contributed by atoms with Crippen molar-refractivity contribution in [1.29, 1.82) is 0 Å². The maximum atomic E-state index is 9.89. The first-order chi connectivity index (χ1) is 9.71. The summed E-state index contributed by atoms with van der Waals surface area (Å²) in [6, 6.07) is 5.52. The number of ether oxygens (including phenoxy) is 1. The summed E-state index contributed by atoms with van der Waals surface area (Å²) in [5.74, 6) is 1.18. The molecule has 0 radical (unpaired) electrons. The van der Waals surface area contributed by atoms with Crippen molar-refractivity contribution in [2.24, 2.45) is 11.7 Å². The van der Waals surface area contributed by atoms with Crippen LogP contribution in [-0.2, 0) is 0 Å². The number of rotatable bonds is 10. The molecule has 3 N–H and O–H groups in total. The minimum Gasteiger partial charge on any atom is -0.477 e. The molecule has 0 fully saturated rings. The van der Waals surface area contributed by atoms with Crippen LogP contribution in [0.25, 0.3) is 0 Å². The Labute approximate surface area is 122 Å². The van der Waals surface area contributed by atoms with Crippen molar-refractivity contribution in [2.45, 2.75) is 52.1 Å². The van der Waals surface area contributed by atoms with Crippen molar-refractivity contribution in [3.05, 3.63) is 23.9 Å². The summed E-state index contributed by atoms with van der Waals surface area (Å²) in [5.41, 5.74) is 6.09. The van der Waals surface area contributed by atoms with Crippen LogP contribution in [0.3, 0.4) is 0 Å². The Kier molecular flexibility index (Phi) is 8.23. The molecule has 1 atom stereocenters. The average Bonchev–Trinajstić information content (AvgIpc) is 2.46. The van der Waals surface area contributed by atoms with E-state index in [2.05, 4.69) is 18.8 Å². The van der Waals surface area contributed by atoms with Crippen molar-refractivity contribution in [1.82, 2.24) is 4.98 Å². The molecule has 114 valence electrons. The van der Waals surface area contributed by atoms with Gasteiger partial charge in [0.25, 0.3) is 0 Å². The van der Waals surface area contributed by atoms with E-state index < -0.39 is 6.10 Å². The summed E-state index contributed by atoms with van der Waals surface area (Å²) in [6.07, 6.45) is 4.63. The van der Waals surface area contributed by atoms with E-state index in [1.165, 1.54) is 25.7 Å². The molecular formula is C16H28N2O2. The number of aromatic nitrogens is 1. The van der Waals surface area contributed by atoms with E-state index in [4.69, 9.17) is 10.5 Å². The van der Waals surface area contributed by atoms with Crippen molar-refractivity contribution < 1.29 is 9.84 Å². The van der Waals surface area contributed by atoms with Crippen molar-refractivity contribution in [3.8, 4) is 5.88 Å². The first-order valence-corrected chi connectivity index (χ1v) is 7.69. The molecule has 0 aliphatic carbocycles. The molecular weight excluding hydrogens is 252 g/mol. The highest BCUT2D eigenvalue weighted by Gasteiger charge is 2.11. The Hall–Kier alpha value is -1.13. The molecule has 1 aromatic rings. The fourth-order valence-electron chi connectivity index (χ4n) is 2.33. The molecule has 0 saturated carbocycles. The average molecular weight is 280 g/mol. The van der Waals surface area contributed by atoms with E-state index in [0.717, 1.165) is 0 Å². The second kappa shape index (κ2) is 9.72. The molecule has 0 amide bonds. The fraction of sp³-hybridized carbons (Fsp3) is 0.688. The maximum Gasteiger partial charge on any atom is 0.213 e. The monoisotopic (exact) mass is 280 g/mol. The van der Waals surface area contributed by atoms with Gasteiger partial charge in [0.2, 0.25) is 5.88 Å². The molecule has 0 aliphatic rings. The zero-order chi connectivity index (χ0) is 14.8. The molecule has 0 unspecified atom stereocenters. The van der Waals surface area contributed by atoms with Gasteiger partial charge in [-0.15, -0.1) is 0 Å². The van der Waals surface area contributed by atoms with Crippen LogP contribution in [0.15, 0.2) is 18.2 Å². The lowest BCUT2D eigenvalue weighted by molar-refractivity contribution is 0.162. The molecule has 0 saturated heterocycles. The molecule has 20 heavy (non-hydrogen) atoms. The van der Waals surface area contributed by atoms with Gasteiger partial charge in [-0.1, -0.05) is 32.8 Å². The molecule has 0 aliphatic heterocycles. The van der Waals surface area contributed by atoms with Crippen LogP contribution < -0.4 is 10.5 Å². The zero-order valence-corrected chi connectivity index (χ0v) is 12.7. The number of hydrogen-bond acceptors (Lipinski definition) is 4. The highest BCUT2D eigenvalue weighted by atomic mass is 16.5. The van der Waals surface area contributed by atoms with Gasteiger partial charge in [-0.2, -0.15) is 0 Å². The predicted molar refractivity (Wildman–Crippen MR) is 81.7 cm³/mol. The summed E-state index contributed by atoms with van der Waals surface area (Å²) in [4.78, 5) is 4.36. The lowest BCUT2D eigenvalue weighted by Gasteiger charge is -2.16. The summed E-state index contributed by atoms with van der Waals surface area (Å²) in [7, 11) is 0. The number of nitrogens with two attached hydrogens (primary N) is 1. The fourth-order valence-corrected chi connectivity index (χ4v) is 2.33. The number of aliphatic hydroxyl groups is 1. The smallest absolute Gasteiger partial charge is 0.213 e. The Morgan fingerprint density at radius 3 is 2.50 bits per heavy atom.